The Morgan fingerprint density at radius 2 is 1.68 bits per heavy atom. The number of pyridine rings is 1. The quantitative estimate of drug-likeness (QED) is 0.312. The van der Waals surface area contributed by atoms with Crippen LogP contribution in [-0.2, 0) is 14.3 Å². The summed E-state index contributed by atoms with van der Waals surface area (Å²) in [6.45, 7) is 4.93. The van der Waals surface area contributed by atoms with E-state index in [9.17, 15) is 9.59 Å². The summed E-state index contributed by atoms with van der Waals surface area (Å²) in [5.74, 6) is 2.64. The summed E-state index contributed by atoms with van der Waals surface area (Å²) in [7, 11) is 4.86. The first-order valence-electron chi connectivity index (χ1n) is 13.7. The lowest BCUT2D eigenvalue weighted by molar-refractivity contribution is -0.139. The Balaban J connectivity index is 1.24. The standard InChI is InChI=1S/C31H37N3O6/c1-6-31(17-20(18-37-3)19(31)2)34-29(36)30(12-13-30)28(35)33-21-7-9-22(10-8-21)40-25-11-14-32-24-16-27(39-5)26(38-4)15-23(24)25/h7-11,14-16,19-20H,6,12-13,17-18H2,1-5H3,(H,33,35)(H,34,36). The summed E-state index contributed by atoms with van der Waals surface area (Å²) in [6.07, 6.45) is 4.46. The molecule has 2 amide bonds. The number of carbonyl (C=O) groups excluding carboxylic acids is 2. The summed E-state index contributed by atoms with van der Waals surface area (Å²) < 4.78 is 22.3. The monoisotopic (exact) mass is 547 g/mol. The number of rotatable bonds is 11. The molecule has 40 heavy (non-hydrogen) atoms. The second-order valence-electron chi connectivity index (χ2n) is 10.9. The third kappa shape index (κ3) is 4.94. The van der Waals surface area contributed by atoms with E-state index in [2.05, 4.69) is 29.5 Å². The molecule has 0 spiro atoms. The molecule has 2 aliphatic rings. The van der Waals surface area contributed by atoms with E-state index in [0.29, 0.717) is 65.5 Å². The van der Waals surface area contributed by atoms with Gasteiger partial charge in [-0.25, -0.2) is 0 Å². The van der Waals surface area contributed by atoms with Gasteiger partial charge in [-0.2, -0.15) is 0 Å². The molecule has 2 saturated carbocycles. The van der Waals surface area contributed by atoms with Crippen LogP contribution in [0.5, 0.6) is 23.0 Å². The van der Waals surface area contributed by atoms with Crippen molar-refractivity contribution >= 4 is 28.4 Å². The number of aromatic nitrogens is 1. The molecule has 0 aliphatic heterocycles. The van der Waals surface area contributed by atoms with Crippen molar-refractivity contribution < 1.29 is 28.5 Å². The number of ether oxygens (including phenoxy) is 4. The smallest absolute Gasteiger partial charge is 0.240 e. The first-order chi connectivity index (χ1) is 19.3. The predicted molar refractivity (Wildman–Crippen MR) is 152 cm³/mol. The topological polar surface area (TPSA) is 108 Å². The van der Waals surface area contributed by atoms with Gasteiger partial charge in [0, 0.05) is 42.6 Å². The average Bonchev–Trinajstić information content (AvgIpc) is 3.79. The van der Waals surface area contributed by atoms with Gasteiger partial charge in [-0.3, -0.25) is 14.6 Å². The van der Waals surface area contributed by atoms with Gasteiger partial charge in [0.15, 0.2) is 11.5 Å². The first kappa shape index (κ1) is 27.7. The van der Waals surface area contributed by atoms with E-state index < -0.39 is 5.41 Å². The summed E-state index contributed by atoms with van der Waals surface area (Å²) in [5.41, 5.74) is 0.0214. The number of hydrogen-bond acceptors (Lipinski definition) is 7. The number of benzene rings is 2. The average molecular weight is 548 g/mol. The molecule has 1 aromatic heterocycles. The number of methoxy groups -OCH3 is 3. The highest BCUT2D eigenvalue weighted by atomic mass is 16.5. The highest BCUT2D eigenvalue weighted by Crippen LogP contribution is 2.51. The fraction of sp³-hybridized carbons (Fsp3) is 0.452. The van der Waals surface area contributed by atoms with Crippen LogP contribution in [-0.4, -0.2) is 50.3 Å². The van der Waals surface area contributed by atoms with Crippen LogP contribution in [0.4, 0.5) is 5.69 Å². The van der Waals surface area contributed by atoms with E-state index in [4.69, 9.17) is 18.9 Å². The van der Waals surface area contributed by atoms with Crippen LogP contribution in [0.2, 0.25) is 0 Å². The molecule has 0 bridgehead atoms. The van der Waals surface area contributed by atoms with E-state index in [1.807, 2.05) is 6.07 Å². The minimum atomic E-state index is -1.01. The van der Waals surface area contributed by atoms with E-state index in [0.717, 1.165) is 18.2 Å². The molecule has 3 atom stereocenters. The lowest BCUT2D eigenvalue weighted by Gasteiger charge is -2.54. The molecule has 9 nitrogen and oxygen atoms in total. The molecule has 3 unspecified atom stereocenters. The number of amides is 2. The van der Waals surface area contributed by atoms with Crippen LogP contribution in [0.3, 0.4) is 0 Å². The van der Waals surface area contributed by atoms with E-state index in [1.165, 1.54) is 0 Å². The third-order valence-corrected chi connectivity index (χ3v) is 8.75. The van der Waals surface area contributed by atoms with Crippen LogP contribution >= 0.6 is 0 Å². The number of carbonyl (C=O) groups is 2. The Morgan fingerprint density at radius 3 is 2.27 bits per heavy atom. The number of hydrogen-bond donors (Lipinski definition) is 2. The van der Waals surface area contributed by atoms with Crippen LogP contribution in [0.15, 0.2) is 48.7 Å². The summed E-state index contributed by atoms with van der Waals surface area (Å²) in [5, 5.41) is 6.97. The first-order valence-corrected chi connectivity index (χ1v) is 13.7. The van der Waals surface area contributed by atoms with Crippen LogP contribution in [0.1, 0.15) is 39.5 Å². The molecule has 2 aromatic carbocycles. The maximum absolute atomic E-state index is 13.3. The van der Waals surface area contributed by atoms with Crippen molar-refractivity contribution in [2.24, 2.45) is 17.3 Å². The Kier molecular flexibility index (Phi) is 7.59. The van der Waals surface area contributed by atoms with Gasteiger partial charge in [0.2, 0.25) is 11.8 Å². The van der Waals surface area contributed by atoms with Crippen molar-refractivity contribution in [2.75, 3.05) is 33.3 Å². The minimum absolute atomic E-state index is 0.175. The molecular formula is C31H37N3O6. The van der Waals surface area contributed by atoms with Crippen molar-refractivity contribution in [1.29, 1.82) is 0 Å². The fourth-order valence-electron chi connectivity index (χ4n) is 5.81. The molecule has 9 heteroatoms. The molecule has 212 valence electrons. The van der Waals surface area contributed by atoms with E-state index >= 15 is 0 Å². The predicted octanol–water partition coefficient (Wildman–Crippen LogP) is 5.33. The highest BCUT2D eigenvalue weighted by molar-refractivity contribution is 6.13. The maximum atomic E-state index is 13.3. The zero-order valence-electron chi connectivity index (χ0n) is 23.7. The fourth-order valence-corrected chi connectivity index (χ4v) is 5.81. The van der Waals surface area contributed by atoms with E-state index in [-0.39, 0.29) is 17.4 Å². The number of anilines is 1. The Bertz CT molecular complexity index is 1400. The van der Waals surface area contributed by atoms with Gasteiger partial charge >= 0.3 is 0 Å². The van der Waals surface area contributed by atoms with Crippen LogP contribution < -0.4 is 24.8 Å². The zero-order chi connectivity index (χ0) is 28.5. The van der Waals surface area contributed by atoms with Gasteiger partial charge < -0.3 is 29.6 Å². The molecule has 5 rings (SSSR count). The second kappa shape index (κ2) is 11.0. The van der Waals surface area contributed by atoms with E-state index in [1.54, 1.807) is 63.9 Å². The number of nitrogens with zero attached hydrogens (tertiary/aromatic N) is 1. The molecule has 1 heterocycles. The molecule has 2 N–H and O–H groups in total. The molecule has 3 aromatic rings. The number of nitrogens with one attached hydrogen (secondary N) is 2. The lowest BCUT2D eigenvalue weighted by atomic mass is 9.58. The maximum Gasteiger partial charge on any atom is 0.240 e. The molecule has 0 saturated heterocycles. The number of fused-ring (bicyclic) bond motifs is 1. The van der Waals surface area contributed by atoms with Gasteiger partial charge in [-0.05, 0) is 73.9 Å². The van der Waals surface area contributed by atoms with Gasteiger partial charge in [0.05, 0.1) is 19.7 Å². The van der Waals surface area contributed by atoms with Crippen LogP contribution in [0.25, 0.3) is 10.9 Å². The van der Waals surface area contributed by atoms with Crippen molar-refractivity contribution in [2.45, 2.75) is 45.1 Å². The summed E-state index contributed by atoms with van der Waals surface area (Å²) in [6, 6.07) is 12.5. The Hall–Kier alpha value is -3.85. The lowest BCUT2D eigenvalue weighted by Crippen LogP contribution is -2.65. The minimum Gasteiger partial charge on any atom is -0.493 e. The van der Waals surface area contributed by atoms with Crippen molar-refractivity contribution in [3.63, 3.8) is 0 Å². The Labute approximate surface area is 234 Å². The van der Waals surface area contributed by atoms with Gasteiger partial charge in [0.25, 0.3) is 0 Å². The van der Waals surface area contributed by atoms with Gasteiger partial charge in [-0.1, -0.05) is 13.8 Å². The van der Waals surface area contributed by atoms with Gasteiger partial charge in [-0.15, -0.1) is 0 Å². The SMILES string of the molecule is CCC1(NC(=O)C2(C(=O)Nc3ccc(Oc4ccnc5cc(OC)c(OC)cc45)cc3)CC2)CC(COC)C1C. The highest BCUT2D eigenvalue weighted by Gasteiger charge is 2.60. The molecule has 2 fully saturated rings. The summed E-state index contributed by atoms with van der Waals surface area (Å²) >= 11 is 0. The molecule has 2 aliphatic carbocycles. The van der Waals surface area contributed by atoms with Crippen molar-refractivity contribution in [3.8, 4) is 23.0 Å². The van der Waals surface area contributed by atoms with Crippen LogP contribution in [0, 0.1) is 17.3 Å². The van der Waals surface area contributed by atoms with Crippen molar-refractivity contribution in [1.82, 2.24) is 10.3 Å². The third-order valence-electron chi connectivity index (χ3n) is 8.75. The molecular weight excluding hydrogens is 510 g/mol. The zero-order valence-corrected chi connectivity index (χ0v) is 23.7. The second-order valence-corrected chi connectivity index (χ2v) is 10.9. The molecule has 0 radical (unpaired) electrons. The van der Waals surface area contributed by atoms with Gasteiger partial charge in [0.1, 0.15) is 16.9 Å². The Morgan fingerprint density at radius 1 is 0.975 bits per heavy atom. The summed E-state index contributed by atoms with van der Waals surface area (Å²) in [4.78, 5) is 31.0. The normalized spacial score (nSPS) is 22.6. The van der Waals surface area contributed by atoms with Crippen molar-refractivity contribution in [3.05, 3.63) is 48.7 Å². The largest absolute Gasteiger partial charge is 0.493 e.